The third-order valence-corrected chi connectivity index (χ3v) is 5.59. The van der Waals surface area contributed by atoms with Gasteiger partial charge in [-0.25, -0.2) is 0 Å². The van der Waals surface area contributed by atoms with Crippen molar-refractivity contribution in [2.24, 2.45) is 0 Å². The molecule has 0 amide bonds. The van der Waals surface area contributed by atoms with Gasteiger partial charge in [0.05, 0.1) is 19.3 Å². The van der Waals surface area contributed by atoms with Gasteiger partial charge in [-0.15, -0.1) is 0 Å². The molecule has 0 bridgehead atoms. The van der Waals surface area contributed by atoms with E-state index in [-0.39, 0.29) is 6.10 Å². The first-order chi connectivity index (χ1) is 8.22. The van der Waals surface area contributed by atoms with Gasteiger partial charge in [0.2, 0.25) is 0 Å². The van der Waals surface area contributed by atoms with Crippen molar-refractivity contribution >= 4 is 9.28 Å². The Balaban J connectivity index is 2.38. The highest BCUT2D eigenvalue weighted by atomic mass is 28.3. The quantitative estimate of drug-likeness (QED) is 0.445. The van der Waals surface area contributed by atoms with Crippen LogP contribution in [0.25, 0.3) is 0 Å². The maximum Gasteiger partial charge on any atom is 0.326 e. The highest BCUT2D eigenvalue weighted by molar-refractivity contribution is 6.46. The molecular weight excluding hydrogens is 236 g/mol. The monoisotopic (exact) mass is 262 g/mol. The van der Waals surface area contributed by atoms with E-state index in [1.54, 1.807) is 0 Å². The van der Waals surface area contributed by atoms with Gasteiger partial charge in [0.15, 0.2) is 0 Å². The summed E-state index contributed by atoms with van der Waals surface area (Å²) in [6.07, 6.45) is 1.56. The third-order valence-electron chi connectivity index (χ3n) is 2.98. The molecular formula is C12H26O4Si. The highest BCUT2D eigenvalue weighted by Gasteiger charge is 2.31. The van der Waals surface area contributed by atoms with Crippen molar-refractivity contribution in [2.75, 3.05) is 26.4 Å². The first-order valence-corrected chi connectivity index (χ1v) is 8.30. The molecule has 0 spiro atoms. The second-order valence-corrected chi connectivity index (χ2v) is 6.83. The summed E-state index contributed by atoms with van der Waals surface area (Å²) in [5, 5.41) is 0. The molecule has 0 aromatic rings. The second kappa shape index (κ2) is 8.21. The molecule has 102 valence electrons. The molecule has 5 heteroatoms. The molecule has 4 nitrogen and oxygen atoms in total. The van der Waals surface area contributed by atoms with E-state index in [4.69, 9.17) is 18.3 Å². The lowest BCUT2D eigenvalue weighted by atomic mass is 10.2. The molecule has 0 radical (unpaired) electrons. The van der Waals surface area contributed by atoms with Gasteiger partial charge < -0.3 is 18.3 Å². The molecule has 17 heavy (non-hydrogen) atoms. The summed E-state index contributed by atoms with van der Waals surface area (Å²) in [5.74, 6) is 0. The number of ether oxygens (including phenoxy) is 2. The zero-order valence-electron chi connectivity index (χ0n) is 11.5. The maximum absolute atomic E-state index is 5.90. The first kappa shape index (κ1) is 15.1. The summed E-state index contributed by atoms with van der Waals surface area (Å²) in [5.41, 5.74) is 0.374. The van der Waals surface area contributed by atoms with Crippen LogP contribution in [0, 0.1) is 0 Å². The number of rotatable bonds is 10. The first-order valence-electron chi connectivity index (χ1n) is 6.69. The van der Waals surface area contributed by atoms with Crippen molar-refractivity contribution in [2.45, 2.75) is 51.9 Å². The Morgan fingerprint density at radius 1 is 1.24 bits per heavy atom. The van der Waals surface area contributed by atoms with Crippen molar-refractivity contribution in [1.29, 1.82) is 0 Å². The molecule has 1 aliphatic heterocycles. The lowest BCUT2D eigenvalue weighted by molar-refractivity contribution is 0.0285. The van der Waals surface area contributed by atoms with Crippen molar-refractivity contribution in [3.8, 4) is 0 Å². The molecule has 3 atom stereocenters. The smallest absolute Gasteiger partial charge is 0.326 e. The van der Waals surface area contributed by atoms with Gasteiger partial charge in [-0.3, -0.25) is 0 Å². The van der Waals surface area contributed by atoms with Gasteiger partial charge >= 0.3 is 9.28 Å². The SMILES string of the molecule is CCO[SiH](OCC)C(C)C(CC)OCC1CO1. The lowest BCUT2D eigenvalue weighted by Crippen LogP contribution is -2.36. The standard InChI is InChI=1S/C12H26O4Si/c1-5-12(14-9-11-8-13-11)10(4)17(15-6-2)16-7-3/h10-12,17H,5-9H2,1-4H3. The average Bonchev–Trinajstić information content (AvgIpc) is 3.13. The van der Waals surface area contributed by atoms with Crippen molar-refractivity contribution in [3.63, 3.8) is 0 Å². The Kier molecular flexibility index (Phi) is 7.30. The van der Waals surface area contributed by atoms with Gasteiger partial charge in [-0.05, 0) is 20.3 Å². The summed E-state index contributed by atoms with van der Waals surface area (Å²) >= 11 is 0. The molecule has 0 aromatic carbocycles. The van der Waals surface area contributed by atoms with Crippen LogP contribution >= 0.6 is 0 Å². The van der Waals surface area contributed by atoms with Gasteiger partial charge in [0, 0.05) is 18.8 Å². The normalized spacial score (nSPS) is 22.8. The topological polar surface area (TPSA) is 40.2 Å². The molecule has 3 unspecified atom stereocenters. The molecule has 1 saturated heterocycles. The van der Waals surface area contributed by atoms with Crippen LogP contribution in [0.3, 0.4) is 0 Å². The Labute approximate surface area is 106 Å². The fourth-order valence-corrected chi connectivity index (χ4v) is 3.99. The van der Waals surface area contributed by atoms with Crippen LogP contribution in [-0.2, 0) is 18.3 Å². The van der Waals surface area contributed by atoms with Crippen molar-refractivity contribution in [3.05, 3.63) is 0 Å². The van der Waals surface area contributed by atoms with Crippen LogP contribution in [0.15, 0.2) is 0 Å². The van der Waals surface area contributed by atoms with Gasteiger partial charge in [-0.1, -0.05) is 13.8 Å². The van der Waals surface area contributed by atoms with E-state index < -0.39 is 9.28 Å². The van der Waals surface area contributed by atoms with Crippen LogP contribution in [0.2, 0.25) is 5.54 Å². The largest absolute Gasteiger partial charge is 0.397 e. The van der Waals surface area contributed by atoms with E-state index in [0.29, 0.717) is 18.3 Å². The van der Waals surface area contributed by atoms with E-state index in [2.05, 4.69) is 13.8 Å². The number of epoxide rings is 1. The molecule has 1 fully saturated rings. The predicted molar refractivity (Wildman–Crippen MR) is 69.6 cm³/mol. The van der Waals surface area contributed by atoms with E-state index >= 15 is 0 Å². The van der Waals surface area contributed by atoms with Gasteiger partial charge in [-0.2, -0.15) is 0 Å². The fourth-order valence-electron chi connectivity index (χ4n) is 1.89. The van der Waals surface area contributed by atoms with E-state index in [0.717, 1.165) is 26.2 Å². The van der Waals surface area contributed by atoms with E-state index in [1.165, 1.54) is 0 Å². The van der Waals surface area contributed by atoms with Crippen LogP contribution < -0.4 is 0 Å². The van der Waals surface area contributed by atoms with Crippen molar-refractivity contribution in [1.82, 2.24) is 0 Å². The summed E-state index contributed by atoms with van der Waals surface area (Å²) in [7, 11) is -1.61. The van der Waals surface area contributed by atoms with Crippen LogP contribution in [-0.4, -0.2) is 47.9 Å². The predicted octanol–water partition coefficient (Wildman–Crippen LogP) is 1.86. The van der Waals surface area contributed by atoms with E-state index in [1.807, 2.05) is 13.8 Å². The summed E-state index contributed by atoms with van der Waals surface area (Å²) in [6, 6.07) is 0. The molecule has 0 N–H and O–H groups in total. The fraction of sp³-hybridized carbons (Fsp3) is 1.00. The lowest BCUT2D eigenvalue weighted by Gasteiger charge is -2.28. The number of hydrogen-bond donors (Lipinski definition) is 0. The average molecular weight is 262 g/mol. The summed E-state index contributed by atoms with van der Waals surface area (Å²) in [4.78, 5) is 0. The Morgan fingerprint density at radius 3 is 2.24 bits per heavy atom. The molecule has 0 saturated carbocycles. The zero-order valence-corrected chi connectivity index (χ0v) is 12.6. The minimum atomic E-state index is -1.61. The molecule has 1 aliphatic rings. The second-order valence-electron chi connectivity index (χ2n) is 4.37. The minimum Gasteiger partial charge on any atom is -0.397 e. The Bertz CT molecular complexity index is 193. The minimum absolute atomic E-state index is 0.231. The Morgan fingerprint density at radius 2 is 1.82 bits per heavy atom. The van der Waals surface area contributed by atoms with Gasteiger partial charge in [0.25, 0.3) is 0 Å². The van der Waals surface area contributed by atoms with E-state index in [9.17, 15) is 0 Å². The third kappa shape index (κ3) is 5.48. The molecule has 0 aliphatic carbocycles. The molecule has 0 aromatic heterocycles. The van der Waals surface area contributed by atoms with Crippen molar-refractivity contribution < 1.29 is 18.3 Å². The maximum atomic E-state index is 5.90. The molecule has 1 heterocycles. The van der Waals surface area contributed by atoms with Gasteiger partial charge in [0.1, 0.15) is 6.10 Å². The summed E-state index contributed by atoms with van der Waals surface area (Å²) in [6.45, 7) is 11.4. The highest BCUT2D eigenvalue weighted by Crippen LogP contribution is 2.23. The van der Waals surface area contributed by atoms with Crippen LogP contribution in [0.5, 0.6) is 0 Å². The number of hydrogen-bond acceptors (Lipinski definition) is 4. The molecule has 1 rings (SSSR count). The van der Waals surface area contributed by atoms with Crippen LogP contribution in [0.4, 0.5) is 0 Å². The van der Waals surface area contributed by atoms with Crippen LogP contribution in [0.1, 0.15) is 34.1 Å². The zero-order chi connectivity index (χ0) is 12.7. The summed E-state index contributed by atoms with van der Waals surface area (Å²) < 4.78 is 22.6. The Hall–Kier alpha value is 0.0569.